The van der Waals surface area contributed by atoms with Crippen LogP contribution in [0.5, 0.6) is 0 Å². The number of ether oxygens (including phenoxy) is 1. The molecule has 0 aliphatic rings. The van der Waals surface area contributed by atoms with Crippen LogP contribution in [0, 0.1) is 0 Å². The lowest BCUT2D eigenvalue weighted by Crippen LogP contribution is -2.22. The molecule has 0 aliphatic carbocycles. The van der Waals surface area contributed by atoms with Crippen molar-refractivity contribution < 1.29 is 4.74 Å². The number of hydrogen-bond donors (Lipinski definition) is 0. The Morgan fingerprint density at radius 2 is 1.65 bits per heavy atom. The zero-order valence-electron chi connectivity index (χ0n) is 12.0. The number of rotatable bonds is 4. The van der Waals surface area contributed by atoms with Gasteiger partial charge in [0.1, 0.15) is 0 Å². The lowest BCUT2D eigenvalue weighted by molar-refractivity contribution is 0.206. The summed E-state index contributed by atoms with van der Waals surface area (Å²) in [6, 6.07) is 8.17. The van der Waals surface area contributed by atoms with E-state index in [1.807, 2.05) is 45.9 Å². The standard InChI is InChI=1S/C10H14BrNO.2C2H6/c1-12(7-8-13-2)10-6-4-3-5-9(10)11;2*1-2/h3-6H,7-8H2,1-2H3;2*1-2H3. The highest BCUT2D eigenvalue weighted by atomic mass is 79.9. The highest BCUT2D eigenvalue weighted by Gasteiger charge is 2.03. The van der Waals surface area contributed by atoms with Gasteiger partial charge in [-0.15, -0.1) is 0 Å². The Balaban J connectivity index is 0. The molecule has 0 atom stereocenters. The van der Waals surface area contributed by atoms with Crippen LogP contribution in [0.1, 0.15) is 27.7 Å². The highest BCUT2D eigenvalue weighted by Crippen LogP contribution is 2.24. The molecule has 0 unspecified atom stereocenters. The first kappa shape index (κ1) is 18.8. The van der Waals surface area contributed by atoms with Gasteiger partial charge >= 0.3 is 0 Å². The topological polar surface area (TPSA) is 12.5 Å². The molecule has 0 saturated carbocycles. The second-order valence-corrected chi connectivity index (χ2v) is 3.72. The molecule has 3 heteroatoms. The first-order valence-electron chi connectivity index (χ1n) is 6.20. The van der Waals surface area contributed by atoms with Crippen LogP contribution in [0.15, 0.2) is 28.7 Å². The minimum atomic E-state index is 0.748. The lowest BCUT2D eigenvalue weighted by Gasteiger charge is -2.19. The van der Waals surface area contributed by atoms with Gasteiger partial charge in [0, 0.05) is 25.2 Å². The van der Waals surface area contributed by atoms with E-state index in [-0.39, 0.29) is 0 Å². The average Bonchev–Trinajstić information content (AvgIpc) is 2.41. The maximum Gasteiger partial charge on any atom is 0.0637 e. The molecule has 0 radical (unpaired) electrons. The normalized spacial score (nSPS) is 8.41. The molecule has 0 heterocycles. The molecule has 0 aliphatic heterocycles. The quantitative estimate of drug-likeness (QED) is 0.807. The fourth-order valence-corrected chi connectivity index (χ4v) is 1.70. The summed E-state index contributed by atoms with van der Waals surface area (Å²) in [5.74, 6) is 0. The third-order valence-corrected chi connectivity index (χ3v) is 2.57. The predicted molar refractivity (Wildman–Crippen MR) is 82.0 cm³/mol. The monoisotopic (exact) mass is 303 g/mol. The Morgan fingerprint density at radius 1 is 1.12 bits per heavy atom. The van der Waals surface area contributed by atoms with Gasteiger partial charge in [0.25, 0.3) is 0 Å². The molecule has 0 N–H and O–H groups in total. The van der Waals surface area contributed by atoms with Crippen LogP contribution in [-0.4, -0.2) is 27.3 Å². The van der Waals surface area contributed by atoms with Crippen molar-refractivity contribution in [3.8, 4) is 0 Å². The molecule has 0 amide bonds. The van der Waals surface area contributed by atoms with E-state index >= 15 is 0 Å². The van der Waals surface area contributed by atoms with E-state index in [2.05, 4.69) is 33.9 Å². The molecule has 100 valence electrons. The van der Waals surface area contributed by atoms with E-state index in [9.17, 15) is 0 Å². The summed E-state index contributed by atoms with van der Waals surface area (Å²) in [6.45, 7) is 9.65. The number of hydrogen-bond acceptors (Lipinski definition) is 2. The average molecular weight is 304 g/mol. The van der Waals surface area contributed by atoms with Gasteiger partial charge in [0.05, 0.1) is 12.3 Å². The largest absolute Gasteiger partial charge is 0.383 e. The second-order valence-electron chi connectivity index (χ2n) is 2.87. The van der Waals surface area contributed by atoms with Crippen molar-refractivity contribution in [3.63, 3.8) is 0 Å². The molecular weight excluding hydrogens is 278 g/mol. The number of anilines is 1. The fourth-order valence-electron chi connectivity index (χ4n) is 1.11. The Morgan fingerprint density at radius 3 is 2.12 bits per heavy atom. The maximum absolute atomic E-state index is 5.02. The second kappa shape index (κ2) is 13.5. The van der Waals surface area contributed by atoms with Crippen LogP contribution in [0.2, 0.25) is 0 Å². The zero-order chi connectivity index (χ0) is 13.7. The number of likely N-dealkylation sites (N-methyl/N-ethyl adjacent to an activating group) is 1. The Hall–Kier alpha value is -0.540. The number of halogens is 1. The van der Waals surface area contributed by atoms with Gasteiger partial charge in [-0.1, -0.05) is 39.8 Å². The van der Waals surface area contributed by atoms with Crippen LogP contribution in [0.25, 0.3) is 0 Å². The van der Waals surface area contributed by atoms with Crippen molar-refractivity contribution in [2.75, 3.05) is 32.2 Å². The number of methoxy groups -OCH3 is 1. The third-order valence-electron chi connectivity index (χ3n) is 1.89. The smallest absolute Gasteiger partial charge is 0.0637 e. The van der Waals surface area contributed by atoms with Crippen molar-refractivity contribution >= 4 is 21.6 Å². The molecule has 0 aromatic heterocycles. The highest BCUT2D eigenvalue weighted by molar-refractivity contribution is 9.10. The number of benzene rings is 1. The van der Waals surface area contributed by atoms with Gasteiger partial charge < -0.3 is 9.64 Å². The van der Waals surface area contributed by atoms with Crippen molar-refractivity contribution in [2.45, 2.75) is 27.7 Å². The molecule has 0 spiro atoms. The summed E-state index contributed by atoms with van der Waals surface area (Å²) < 4.78 is 6.14. The first-order valence-corrected chi connectivity index (χ1v) is 6.99. The summed E-state index contributed by atoms with van der Waals surface area (Å²) in [7, 11) is 3.77. The first-order chi connectivity index (χ1) is 8.25. The summed E-state index contributed by atoms with van der Waals surface area (Å²) >= 11 is 3.51. The SMILES string of the molecule is CC.CC.COCCN(C)c1ccccc1Br. The molecule has 1 aromatic carbocycles. The van der Waals surface area contributed by atoms with E-state index in [1.165, 1.54) is 5.69 Å². The lowest BCUT2D eigenvalue weighted by atomic mass is 10.3. The van der Waals surface area contributed by atoms with Crippen LogP contribution >= 0.6 is 15.9 Å². The molecule has 0 fully saturated rings. The Labute approximate surface area is 115 Å². The molecule has 17 heavy (non-hydrogen) atoms. The Kier molecular flexibility index (Phi) is 15.0. The summed E-state index contributed by atoms with van der Waals surface area (Å²) in [5.41, 5.74) is 1.19. The van der Waals surface area contributed by atoms with Crippen LogP contribution in [-0.2, 0) is 4.74 Å². The van der Waals surface area contributed by atoms with Crippen molar-refractivity contribution in [2.24, 2.45) is 0 Å². The van der Waals surface area contributed by atoms with E-state index in [1.54, 1.807) is 7.11 Å². The zero-order valence-corrected chi connectivity index (χ0v) is 13.5. The molecule has 2 nitrogen and oxygen atoms in total. The minimum absolute atomic E-state index is 0.748. The van der Waals surface area contributed by atoms with Gasteiger partial charge in [0.15, 0.2) is 0 Å². The van der Waals surface area contributed by atoms with Crippen LogP contribution < -0.4 is 4.90 Å². The molecular formula is C14H26BrNO. The third kappa shape index (κ3) is 8.22. The summed E-state index contributed by atoms with van der Waals surface area (Å²) in [6.07, 6.45) is 0. The molecule has 1 aromatic rings. The van der Waals surface area contributed by atoms with E-state index in [0.717, 1.165) is 17.6 Å². The van der Waals surface area contributed by atoms with E-state index in [4.69, 9.17) is 4.74 Å². The predicted octanol–water partition coefficient (Wildman–Crippen LogP) is 4.58. The van der Waals surface area contributed by atoms with Crippen molar-refractivity contribution in [1.29, 1.82) is 0 Å². The van der Waals surface area contributed by atoms with Crippen LogP contribution in [0.4, 0.5) is 5.69 Å². The number of para-hydroxylation sites is 1. The maximum atomic E-state index is 5.02. The molecule has 1 rings (SSSR count). The van der Waals surface area contributed by atoms with Gasteiger partial charge in [0.2, 0.25) is 0 Å². The van der Waals surface area contributed by atoms with Crippen molar-refractivity contribution in [3.05, 3.63) is 28.7 Å². The van der Waals surface area contributed by atoms with Gasteiger partial charge in [-0.25, -0.2) is 0 Å². The molecule has 0 bridgehead atoms. The Bertz CT molecular complexity index is 266. The summed E-state index contributed by atoms with van der Waals surface area (Å²) in [5, 5.41) is 0. The molecule has 0 saturated heterocycles. The van der Waals surface area contributed by atoms with Gasteiger partial charge in [-0.3, -0.25) is 0 Å². The van der Waals surface area contributed by atoms with Gasteiger partial charge in [-0.2, -0.15) is 0 Å². The van der Waals surface area contributed by atoms with Gasteiger partial charge in [-0.05, 0) is 28.1 Å². The fraction of sp³-hybridized carbons (Fsp3) is 0.571. The van der Waals surface area contributed by atoms with E-state index in [0.29, 0.717) is 0 Å². The van der Waals surface area contributed by atoms with E-state index < -0.39 is 0 Å². The van der Waals surface area contributed by atoms with Crippen LogP contribution in [0.3, 0.4) is 0 Å². The summed E-state index contributed by atoms with van der Waals surface area (Å²) in [4.78, 5) is 2.16. The minimum Gasteiger partial charge on any atom is -0.383 e. The van der Waals surface area contributed by atoms with Crippen molar-refractivity contribution in [1.82, 2.24) is 0 Å². The number of nitrogens with zero attached hydrogens (tertiary/aromatic N) is 1.